The van der Waals surface area contributed by atoms with Crippen molar-refractivity contribution in [2.24, 2.45) is 0 Å². The van der Waals surface area contributed by atoms with Gasteiger partial charge in [-0.2, -0.15) is 0 Å². The molecule has 2 amide bonds. The van der Waals surface area contributed by atoms with Gasteiger partial charge in [0.15, 0.2) is 0 Å². The molecule has 4 rings (SSSR count). The van der Waals surface area contributed by atoms with Crippen molar-refractivity contribution in [1.29, 1.82) is 0 Å². The van der Waals surface area contributed by atoms with Gasteiger partial charge in [-0.1, -0.05) is 18.2 Å². The number of carbonyl (C=O) groups is 2. The molecule has 2 aromatic rings. The largest absolute Gasteiger partial charge is 0.340 e. The van der Waals surface area contributed by atoms with E-state index < -0.39 is 15.8 Å². The van der Waals surface area contributed by atoms with Crippen LogP contribution in [0, 0.1) is 5.82 Å². The predicted molar refractivity (Wildman–Crippen MR) is 122 cm³/mol. The van der Waals surface area contributed by atoms with E-state index in [2.05, 4.69) is 4.72 Å². The fourth-order valence-corrected chi connectivity index (χ4v) is 5.21. The summed E-state index contributed by atoms with van der Waals surface area (Å²) < 4.78 is 39.8. The average Bonchev–Trinajstić information content (AvgIpc) is 3.24. The van der Waals surface area contributed by atoms with E-state index in [9.17, 15) is 22.4 Å². The number of para-hydroxylation sites is 1. The van der Waals surface area contributed by atoms with Crippen LogP contribution in [0.5, 0.6) is 0 Å². The van der Waals surface area contributed by atoms with Crippen LogP contribution >= 0.6 is 0 Å². The standard InChI is InChI=1S/C23H27FN4O4S/c24-19-5-7-20(8-6-19)33(31,32)25-11-9-22(29)27-15-13-26(14-16-27)17-23(30)28-12-10-18-3-1-2-4-21(18)28/h1-8,25H,9-17H2. The summed E-state index contributed by atoms with van der Waals surface area (Å²) in [7, 11) is -3.79. The second-order valence-corrected chi connectivity index (χ2v) is 9.95. The molecule has 0 saturated carbocycles. The lowest BCUT2D eigenvalue weighted by atomic mass is 10.2. The Morgan fingerprint density at radius 1 is 0.909 bits per heavy atom. The summed E-state index contributed by atoms with van der Waals surface area (Å²) in [6, 6.07) is 12.5. The van der Waals surface area contributed by atoms with Crippen molar-refractivity contribution < 1.29 is 22.4 Å². The monoisotopic (exact) mass is 474 g/mol. The summed E-state index contributed by atoms with van der Waals surface area (Å²) in [5, 5.41) is 0. The molecular weight excluding hydrogens is 447 g/mol. The van der Waals surface area contributed by atoms with Crippen molar-refractivity contribution in [3.8, 4) is 0 Å². The zero-order valence-electron chi connectivity index (χ0n) is 18.2. The van der Waals surface area contributed by atoms with Crippen molar-refractivity contribution in [3.05, 3.63) is 59.9 Å². The van der Waals surface area contributed by atoms with Gasteiger partial charge in [0.25, 0.3) is 0 Å². The number of halogens is 1. The minimum atomic E-state index is -3.79. The molecule has 1 N–H and O–H groups in total. The molecular formula is C23H27FN4O4S. The van der Waals surface area contributed by atoms with Gasteiger partial charge in [-0.05, 0) is 42.3 Å². The highest BCUT2D eigenvalue weighted by Crippen LogP contribution is 2.27. The summed E-state index contributed by atoms with van der Waals surface area (Å²) in [5.74, 6) is -0.596. The first kappa shape index (κ1) is 23.3. The number of benzene rings is 2. The van der Waals surface area contributed by atoms with Crippen molar-refractivity contribution in [2.75, 3.05) is 50.7 Å². The first-order valence-corrected chi connectivity index (χ1v) is 12.5. The molecule has 2 aromatic carbocycles. The summed E-state index contributed by atoms with van der Waals surface area (Å²) in [6.45, 7) is 3.15. The maximum absolute atomic E-state index is 13.0. The minimum Gasteiger partial charge on any atom is -0.340 e. The lowest BCUT2D eigenvalue weighted by Gasteiger charge is -2.35. The highest BCUT2D eigenvalue weighted by molar-refractivity contribution is 7.89. The van der Waals surface area contributed by atoms with Gasteiger partial charge in [0.2, 0.25) is 21.8 Å². The number of hydrogen-bond acceptors (Lipinski definition) is 5. The van der Waals surface area contributed by atoms with Gasteiger partial charge in [-0.25, -0.2) is 17.5 Å². The number of fused-ring (bicyclic) bond motifs is 1. The van der Waals surface area contributed by atoms with E-state index >= 15 is 0 Å². The first-order chi connectivity index (χ1) is 15.8. The zero-order valence-corrected chi connectivity index (χ0v) is 19.1. The van der Waals surface area contributed by atoms with Crippen LogP contribution in [0.15, 0.2) is 53.4 Å². The molecule has 10 heteroatoms. The normalized spacial score (nSPS) is 16.6. The molecule has 1 fully saturated rings. The van der Waals surface area contributed by atoms with Gasteiger partial charge in [0.1, 0.15) is 5.82 Å². The van der Waals surface area contributed by atoms with E-state index in [1.165, 1.54) is 17.7 Å². The van der Waals surface area contributed by atoms with Crippen molar-refractivity contribution in [2.45, 2.75) is 17.7 Å². The highest BCUT2D eigenvalue weighted by atomic mass is 32.2. The van der Waals surface area contributed by atoms with Gasteiger partial charge in [-0.15, -0.1) is 0 Å². The number of amides is 2. The second-order valence-electron chi connectivity index (χ2n) is 8.18. The zero-order chi connectivity index (χ0) is 23.4. The fourth-order valence-electron chi connectivity index (χ4n) is 4.18. The van der Waals surface area contributed by atoms with E-state index in [-0.39, 0.29) is 29.7 Å². The Morgan fingerprint density at radius 3 is 2.33 bits per heavy atom. The van der Waals surface area contributed by atoms with Gasteiger partial charge in [0.05, 0.1) is 11.4 Å². The predicted octanol–water partition coefficient (Wildman–Crippen LogP) is 1.23. The molecule has 0 spiro atoms. The fraction of sp³-hybridized carbons (Fsp3) is 0.391. The topological polar surface area (TPSA) is 90.0 Å². The smallest absolute Gasteiger partial charge is 0.241 e. The van der Waals surface area contributed by atoms with Crippen LogP contribution < -0.4 is 9.62 Å². The third-order valence-corrected chi connectivity index (χ3v) is 7.50. The third-order valence-electron chi connectivity index (χ3n) is 6.03. The van der Waals surface area contributed by atoms with Gasteiger partial charge < -0.3 is 9.80 Å². The Hall–Kier alpha value is -2.82. The molecule has 176 valence electrons. The Kier molecular flexibility index (Phi) is 7.06. The third kappa shape index (κ3) is 5.58. The van der Waals surface area contributed by atoms with Crippen LogP contribution in [-0.2, 0) is 26.0 Å². The van der Waals surface area contributed by atoms with Gasteiger partial charge in [-0.3, -0.25) is 14.5 Å². The van der Waals surface area contributed by atoms with Crippen molar-refractivity contribution in [1.82, 2.24) is 14.5 Å². The van der Waals surface area contributed by atoms with Crippen LogP contribution in [-0.4, -0.2) is 75.8 Å². The summed E-state index contributed by atoms with van der Waals surface area (Å²) in [6.07, 6.45) is 0.902. The lowest BCUT2D eigenvalue weighted by molar-refractivity contribution is -0.133. The molecule has 0 radical (unpaired) electrons. The number of carbonyl (C=O) groups excluding carboxylic acids is 2. The molecule has 2 aliphatic heterocycles. The number of nitrogens with zero attached hydrogens (tertiary/aromatic N) is 3. The van der Waals surface area contributed by atoms with E-state index in [0.29, 0.717) is 39.3 Å². The van der Waals surface area contributed by atoms with Crippen LogP contribution in [0.1, 0.15) is 12.0 Å². The lowest BCUT2D eigenvalue weighted by Crippen LogP contribution is -2.51. The number of nitrogens with one attached hydrogen (secondary N) is 1. The number of sulfonamides is 1. The minimum absolute atomic E-state index is 0.0317. The summed E-state index contributed by atoms with van der Waals surface area (Å²) in [5.41, 5.74) is 2.18. The quantitative estimate of drug-likeness (QED) is 0.652. The van der Waals surface area contributed by atoms with Gasteiger partial charge in [0, 0.05) is 51.4 Å². The van der Waals surface area contributed by atoms with Crippen LogP contribution in [0.2, 0.25) is 0 Å². The molecule has 0 atom stereocenters. The van der Waals surface area contributed by atoms with Crippen molar-refractivity contribution >= 4 is 27.5 Å². The van der Waals surface area contributed by atoms with Crippen LogP contribution in [0.25, 0.3) is 0 Å². The van der Waals surface area contributed by atoms with E-state index in [4.69, 9.17) is 0 Å². The van der Waals surface area contributed by atoms with E-state index in [1.807, 2.05) is 34.1 Å². The second kappa shape index (κ2) is 9.98. The number of hydrogen-bond donors (Lipinski definition) is 1. The Balaban J connectivity index is 1.20. The first-order valence-electron chi connectivity index (χ1n) is 11.0. The molecule has 1 saturated heterocycles. The maximum Gasteiger partial charge on any atom is 0.241 e. The van der Waals surface area contributed by atoms with Crippen LogP contribution in [0.4, 0.5) is 10.1 Å². The van der Waals surface area contributed by atoms with Crippen LogP contribution in [0.3, 0.4) is 0 Å². The van der Waals surface area contributed by atoms with E-state index in [0.717, 1.165) is 24.2 Å². The Morgan fingerprint density at radius 2 is 1.61 bits per heavy atom. The molecule has 33 heavy (non-hydrogen) atoms. The molecule has 2 aliphatic rings. The van der Waals surface area contributed by atoms with Crippen molar-refractivity contribution in [3.63, 3.8) is 0 Å². The molecule has 0 bridgehead atoms. The maximum atomic E-state index is 13.0. The molecule has 0 unspecified atom stereocenters. The molecule has 2 heterocycles. The molecule has 0 aliphatic carbocycles. The number of rotatable bonds is 7. The number of piperazine rings is 1. The number of anilines is 1. The molecule has 8 nitrogen and oxygen atoms in total. The summed E-state index contributed by atoms with van der Waals surface area (Å²) in [4.78, 5) is 30.8. The molecule has 0 aromatic heterocycles. The Bertz CT molecular complexity index is 1120. The average molecular weight is 475 g/mol. The van der Waals surface area contributed by atoms with Gasteiger partial charge >= 0.3 is 0 Å². The van der Waals surface area contributed by atoms with E-state index in [1.54, 1.807) is 4.90 Å². The summed E-state index contributed by atoms with van der Waals surface area (Å²) >= 11 is 0. The highest BCUT2D eigenvalue weighted by Gasteiger charge is 2.28. The Labute approximate surface area is 193 Å². The SMILES string of the molecule is O=C(CCNS(=O)(=O)c1ccc(F)cc1)N1CCN(CC(=O)N2CCc3ccccc32)CC1.